The van der Waals surface area contributed by atoms with Crippen LogP contribution in [-0.4, -0.2) is 33.2 Å². The minimum absolute atomic E-state index is 0.179. The molecule has 0 bridgehead atoms. The van der Waals surface area contributed by atoms with Crippen LogP contribution >= 0.6 is 0 Å². The number of carbonyl (C=O) groups is 2. The van der Waals surface area contributed by atoms with E-state index < -0.39 is 24.3 Å². The minimum atomic E-state index is -0.845. The van der Waals surface area contributed by atoms with Crippen LogP contribution in [0.25, 0.3) is 17.1 Å². The summed E-state index contributed by atoms with van der Waals surface area (Å²) in [5.74, 6) is -1.61. The van der Waals surface area contributed by atoms with Crippen LogP contribution in [0.3, 0.4) is 0 Å². The number of carbonyl (C=O) groups excluding carboxylic acids is 2. The summed E-state index contributed by atoms with van der Waals surface area (Å²) in [6.45, 7) is 1.06. The first kappa shape index (κ1) is 20.9. The number of nitrogens with one attached hydrogen (secondary N) is 1. The molecule has 0 unspecified atom stereocenters. The van der Waals surface area contributed by atoms with E-state index in [1.807, 2.05) is 60.7 Å². The largest absolute Gasteiger partial charge is 0.450 e. The van der Waals surface area contributed by atoms with Gasteiger partial charge in [0, 0.05) is 11.3 Å². The first-order valence-corrected chi connectivity index (χ1v) is 9.82. The van der Waals surface area contributed by atoms with E-state index in [4.69, 9.17) is 4.74 Å². The highest BCUT2D eigenvalue weighted by atomic mass is 19.1. The number of amides is 1. The van der Waals surface area contributed by atoms with Gasteiger partial charge in [-0.15, -0.1) is 5.10 Å². The first-order valence-electron chi connectivity index (χ1n) is 9.82. The predicted molar refractivity (Wildman–Crippen MR) is 117 cm³/mol. The van der Waals surface area contributed by atoms with Crippen LogP contribution < -0.4 is 5.32 Å². The molecule has 0 aliphatic carbocycles. The zero-order valence-corrected chi connectivity index (χ0v) is 17.2. The van der Waals surface area contributed by atoms with Crippen molar-refractivity contribution in [2.24, 2.45) is 0 Å². The third-order valence-corrected chi connectivity index (χ3v) is 4.61. The molecule has 0 radical (unpaired) electrons. The number of esters is 1. The van der Waals surface area contributed by atoms with Gasteiger partial charge in [-0.2, -0.15) is 0 Å². The van der Waals surface area contributed by atoms with Crippen LogP contribution in [0.15, 0.2) is 78.9 Å². The van der Waals surface area contributed by atoms with Gasteiger partial charge in [0.05, 0.1) is 5.69 Å². The molecule has 1 heterocycles. The van der Waals surface area contributed by atoms with E-state index >= 15 is 0 Å². The maximum atomic E-state index is 13.6. The highest BCUT2D eigenvalue weighted by Crippen LogP contribution is 2.21. The zero-order chi connectivity index (χ0) is 22.5. The molecule has 3 aromatic carbocycles. The molecule has 4 rings (SSSR count). The fourth-order valence-electron chi connectivity index (χ4n) is 2.99. The summed E-state index contributed by atoms with van der Waals surface area (Å²) in [7, 11) is 0. The minimum Gasteiger partial charge on any atom is -0.450 e. The topological polar surface area (TPSA) is 86.1 Å². The van der Waals surface area contributed by atoms with E-state index in [2.05, 4.69) is 15.4 Å². The molecule has 0 saturated carbocycles. The maximum absolute atomic E-state index is 13.6. The fourth-order valence-corrected chi connectivity index (χ4v) is 2.99. The number of rotatable bonds is 6. The highest BCUT2D eigenvalue weighted by Gasteiger charge is 2.20. The molecule has 4 aromatic rings. The van der Waals surface area contributed by atoms with Gasteiger partial charge in [-0.3, -0.25) is 4.79 Å². The molecular formula is C24H19FN4O3. The molecule has 32 heavy (non-hydrogen) atoms. The quantitative estimate of drug-likeness (QED) is 0.464. The van der Waals surface area contributed by atoms with E-state index in [0.29, 0.717) is 11.4 Å². The Balaban J connectivity index is 1.50. The van der Waals surface area contributed by atoms with E-state index in [0.717, 1.165) is 11.3 Å². The molecule has 0 aliphatic rings. The normalized spacial score (nSPS) is 10.6. The number of hydrogen-bond acceptors (Lipinski definition) is 5. The molecule has 0 spiro atoms. The number of aromatic nitrogens is 3. The molecule has 0 saturated heterocycles. The van der Waals surface area contributed by atoms with Crippen LogP contribution in [-0.2, 0) is 9.53 Å². The number of halogens is 1. The van der Waals surface area contributed by atoms with Crippen LogP contribution in [0.4, 0.5) is 10.1 Å². The molecule has 160 valence electrons. The lowest BCUT2D eigenvalue weighted by Gasteiger charge is -2.06. The predicted octanol–water partition coefficient (Wildman–Crippen LogP) is 4.18. The lowest BCUT2D eigenvalue weighted by molar-refractivity contribution is -0.119. The average Bonchev–Trinajstić information content (AvgIpc) is 3.27. The Morgan fingerprint density at radius 3 is 2.38 bits per heavy atom. The third-order valence-electron chi connectivity index (χ3n) is 4.61. The van der Waals surface area contributed by atoms with Gasteiger partial charge in [-0.1, -0.05) is 54.6 Å². The monoisotopic (exact) mass is 430 g/mol. The maximum Gasteiger partial charge on any atom is 0.378 e. The van der Waals surface area contributed by atoms with Crippen molar-refractivity contribution in [2.45, 2.75) is 6.92 Å². The van der Waals surface area contributed by atoms with Gasteiger partial charge in [-0.25, -0.2) is 18.9 Å². The van der Waals surface area contributed by atoms with Crippen molar-refractivity contribution in [3.8, 4) is 17.1 Å². The van der Waals surface area contributed by atoms with Crippen LogP contribution in [0, 0.1) is 12.7 Å². The molecule has 0 fully saturated rings. The molecule has 0 aliphatic heterocycles. The summed E-state index contributed by atoms with van der Waals surface area (Å²) < 4.78 is 20.2. The van der Waals surface area contributed by atoms with Gasteiger partial charge in [-0.05, 0) is 36.8 Å². The van der Waals surface area contributed by atoms with E-state index in [-0.39, 0.29) is 11.5 Å². The van der Waals surface area contributed by atoms with Gasteiger partial charge in [0.25, 0.3) is 11.7 Å². The van der Waals surface area contributed by atoms with Crippen molar-refractivity contribution < 1.29 is 18.7 Å². The fraction of sp³-hybridized carbons (Fsp3) is 0.0833. The summed E-state index contributed by atoms with van der Waals surface area (Å²) >= 11 is 0. The number of anilines is 1. The Morgan fingerprint density at radius 2 is 1.69 bits per heavy atom. The van der Waals surface area contributed by atoms with Gasteiger partial charge >= 0.3 is 5.97 Å². The molecular weight excluding hydrogens is 411 g/mol. The SMILES string of the molecule is Cc1ccc(NC(=O)COC(=O)c2nc(-c3ccccc3)n(-c3ccccc3)n2)cc1F. The van der Waals surface area contributed by atoms with Crippen molar-refractivity contribution in [3.63, 3.8) is 0 Å². The van der Waals surface area contributed by atoms with E-state index in [1.54, 1.807) is 23.7 Å². The number of nitrogens with zero attached hydrogens (tertiary/aromatic N) is 3. The van der Waals surface area contributed by atoms with Crippen LogP contribution in [0.2, 0.25) is 0 Å². The second kappa shape index (κ2) is 9.22. The molecule has 7 nitrogen and oxygen atoms in total. The Labute approximate surface area is 183 Å². The average molecular weight is 430 g/mol. The standard InChI is InChI=1S/C24H19FN4O3/c1-16-12-13-18(14-20(16)25)26-21(30)15-32-24(31)22-27-23(17-8-4-2-5-9-17)29(28-22)19-10-6-3-7-11-19/h2-14H,15H2,1H3,(H,26,30). The zero-order valence-electron chi connectivity index (χ0n) is 17.2. The smallest absolute Gasteiger partial charge is 0.378 e. The van der Waals surface area contributed by atoms with Crippen molar-refractivity contribution in [2.75, 3.05) is 11.9 Å². The summed E-state index contributed by atoms with van der Waals surface area (Å²) in [6, 6.07) is 22.8. The summed E-state index contributed by atoms with van der Waals surface area (Å²) in [5, 5.41) is 6.77. The van der Waals surface area contributed by atoms with E-state index in [1.165, 1.54) is 6.07 Å². The first-order chi connectivity index (χ1) is 15.5. The summed E-state index contributed by atoms with van der Waals surface area (Å²) in [5.41, 5.74) is 2.22. The Hall–Kier alpha value is -4.33. The van der Waals surface area contributed by atoms with Crippen LogP contribution in [0.5, 0.6) is 0 Å². The lowest BCUT2D eigenvalue weighted by Crippen LogP contribution is -2.21. The number of para-hydroxylation sites is 1. The summed E-state index contributed by atoms with van der Waals surface area (Å²) in [6.07, 6.45) is 0. The second-order valence-corrected chi connectivity index (χ2v) is 6.96. The van der Waals surface area contributed by atoms with Gasteiger partial charge < -0.3 is 10.1 Å². The summed E-state index contributed by atoms with van der Waals surface area (Å²) in [4.78, 5) is 29.0. The number of aryl methyl sites for hydroxylation is 1. The van der Waals surface area contributed by atoms with Crippen molar-refractivity contribution in [3.05, 3.63) is 96.1 Å². The Bertz CT molecular complexity index is 1200. The number of benzene rings is 3. The second-order valence-electron chi connectivity index (χ2n) is 6.96. The highest BCUT2D eigenvalue weighted by molar-refractivity contribution is 5.94. The molecule has 8 heteroatoms. The third kappa shape index (κ3) is 4.70. The Morgan fingerprint density at radius 1 is 1.00 bits per heavy atom. The van der Waals surface area contributed by atoms with Gasteiger partial charge in [0.15, 0.2) is 12.4 Å². The van der Waals surface area contributed by atoms with Crippen LogP contribution in [0.1, 0.15) is 16.2 Å². The van der Waals surface area contributed by atoms with Gasteiger partial charge in [0.2, 0.25) is 0 Å². The van der Waals surface area contributed by atoms with Crippen molar-refractivity contribution in [1.82, 2.24) is 14.8 Å². The lowest BCUT2D eigenvalue weighted by atomic mass is 10.2. The molecule has 0 atom stereocenters. The molecule has 1 aromatic heterocycles. The van der Waals surface area contributed by atoms with E-state index in [9.17, 15) is 14.0 Å². The molecule has 1 amide bonds. The van der Waals surface area contributed by atoms with Crippen molar-refractivity contribution >= 4 is 17.6 Å². The number of ether oxygens (including phenoxy) is 1. The van der Waals surface area contributed by atoms with Crippen molar-refractivity contribution in [1.29, 1.82) is 0 Å². The molecule has 1 N–H and O–H groups in total. The van der Waals surface area contributed by atoms with Gasteiger partial charge in [0.1, 0.15) is 5.82 Å². The Kier molecular flexibility index (Phi) is 6.03. The number of hydrogen-bond donors (Lipinski definition) is 1.